The van der Waals surface area contributed by atoms with E-state index in [1.54, 1.807) is 0 Å². The van der Waals surface area contributed by atoms with Crippen LogP contribution in [0, 0.1) is 13.8 Å². The summed E-state index contributed by atoms with van der Waals surface area (Å²) in [5, 5.41) is 25.3. The van der Waals surface area contributed by atoms with Crippen LogP contribution >= 0.6 is 0 Å². The number of hydrogen-bond acceptors (Lipinski definition) is 5. The molecule has 1 aliphatic rings. The van der Waals surface area contributed by atoms with Crippen molar-refractivity contribution in [3.05, 3.63) is 47.0 Å². The topological polar surface area (TPSA) is 96.6 Å². The summed E-state index contributed by atoms with van der Waals surface area (Å²) in [6.45, 7) is 6.19. The Kier molecular flexibility index (Phi) is 7.00. The first-order chi connectivity index (χ1) is 13.5. The quantitative estimate of drug-likeness (QED) is 0.491. The fourth-order valence-corrected chi connectivity index (χ4v) is 3.12. The summed E-state index contributed by atoms with van der Waals surface area (Å²) >= 11 is 0. The van der Waals surface area contributed by atoms with Crippen LogP contribution in [0.1, 0.15) is 41.7 Å². The van der Waals surface area contributed by atoms with Crippen LogP contribution in [0.4, 0.5) is 0 Å². The monoisotopic (exact) mass is 386 g/mol. The van der Waals surface area contributed by atoms with Crippen LogP contribution in [-0.2, 0) is 18.3 Å². The summed E-state index contributed by atoms with van der Waals surface area (Å²) in [5.41, 5.74) is 2.01. The van der Waals surface area contributed by atoms with Crippen LogP contribution in [0.15, 0.2) is 29.3 Å². The molecule has 1 aliphatic heterocycles. The van der Waals surface area contributed by atoms with E-state index < -0.39 is 6.10 Å². The van der Waals surface area contributed by atoms with Gasteiger partial charge in [0.2, 0.25) is 0 Å². The van der Waals surface area contributed by atoms with E-state index in [1.165, 1.54) is 0 Å². The first-order valence-electron chi connectivity index (χ1n) is 9.76. The summed E-state index contributed by atoms with van der Waals surface area (Å²) < 4.78 is 7.59. The molecular weight excluding hydrogens is 356 g/mol. The van der Waals surface area contributed by atoms with E-state index in [2.05, 4.69) is 25.8 Å². The SMILES string of the molecule is Cc1cccc(C(O)CNC(=NCc2nnc(C)n2C)NCC2CCCO2)c1. The van der Waals surface area contributed by atoms with Crippen LogP contribution in [0.25, 0.3) is 0 Å². The van der Waals surface area contributed by atoms with Gasteiger partial charge in [0.15, 0.2) is 11.8 Å². The minimum absolute atomic E-state index is 0.200. The Morgan fingerprint density at radius 1 is 1.36 bits per heavy atom. The van der Waals surface area contributed by atoms with Crippen LogP contribution in [0.3, 0.4) is 0 Å². The van der Waals surface area contributed by atoms with E-state index in [9.17, 15) is 5.11 Å². The van der Waals surface area contributed by atoms with Crippen molar-refractivity contribution < 1.29 is 9.84 Å². The van der Waals surface area contributed by atoms with E-state index in [4.69, 9.17) is 4.74 Å². The fraction of sp³-hybridized carbons (Fsp3) is 0.550. The molecule has 3 N–H and O–H groups in total. The van der Waals surface area contributed by atoms with Crippen molar-refractivity contribution in [2.24, 2.45) is 12.0 Å². The molecule has 1 aromatic heterocycles. The molecule has 3 rings (SSSR count). The highest BCUT2D eigenvalue weighted by Gasteiger charge is 2.16. The lowest BCUT2D eigenvalue weighted by Gasteiger charge is -2.18. The minimum atomic E-state index is -0.619. The maximum absolute atomic E-state index is 10.5. The van der Waals surface area contributed by atoms with Crippen LogP contribution in [0.2, 0.25) is 0 Å². The van der Waals surface area contributed by atoms with Gasteiger partial charge in [0.05, 0.1) is 12.2 Å². The van der Waals surface area contributed by atoms with Crippen molar-refractivity contribution in [1.29, 1.82) is 0 Å². The average Bonchev–Trinajstić information content (AvgIpc) is 3.32. The molecule has 2 unspecified atom stereocenters. The Bertz CT molecular complexity index is 798. The maximum Gasteiger partial charge on any atom is 0.191 e. The zero-order valence-corrected chi connectivity index (χ0v) is 16.9. The summed E-state index contributed by atoms with van der Waals surface area (Å²) in [5.74, 6) is 2.26. The number of rotatable bonds is 7. The van der Waals surface area contributed by atoms with Gasteiger partial charge in [-0.05, 0) is 32.3 Å². The molecule has 0 spiro atoms. The molecule has 28 heavy (non-hydrogen) atoms. The van der Waals surface area contributed by atoms with Gasteiger partial charge in [-0.15, -0.1) is 10.2 Å². The second kappa shape index (κ2) is 9.66. The average molecular weight is 387 g/mol. The van der Waals surface area contributed by atoms with Gasteiger partial charge in [0, 0.05) is 26.7 Å². The smallest absolute Gasteiger partial charge is 0.191 e. The molecule has 2 aromatic rings. The number of aromatic nitrogens is 3. The van der Waals surface area contributed by atoms with E-state index in [0.29, 0.717) is 25.6 Å². The van der Waals surface area contributed by atoms with E-state index in [0.717, 1.165) is 42.2 Å². The Hall–Kier alpha value is -2.45. The molecule has 1 aromatic carbocycles. The maximum atomic E-state index is 10.5. The number of nitrogens with one attached hydrogen (secondary N) is 2. The number of guanidine groups is 1. The van der Waals surface area contributed by atoms with Crippen LogP contribution < -0.4 is 10.6 Å². The lowest BCUT2D eigenvalue weighted by Crippen LogP contribution is -2.42. The summed E-state index contributed by atoms with van der Waals surface area (Å²) in [4.78, 5) is 4.62. The number of ether oxygens (including phenoxy) is 1. The third-order valence-electron chi connectivity index (χ3n) is 4.97. The first kappa shape index (κ1) is 20.3. The standard InChI is InChI=1S/C20H30N6O2/c1-14-6-4-7-16(10-14)18(27)12-22-20(21-11-17-8-5-9-28-17)23-13-19-25-24-15(2)26(19)3/h4,6-7,10,17-18,27H,5,8-9,11-13H2,1-3H3,(H2,21,22,23). The van der Waals surface area contributed by atoms with Gasteiger partial charge in [0.1, 0.15) is 12.4 Å². The van der Waals surface area contributed by atoms with Crippen molar-refractivity contribution in [3.63, 3.8) is 0 Å². The lowest BCUT2D eigenvalue weighted by atomic mass is 10.1. The van der Waals surface area contributed by atoms with Crippen molar-refractivity contribution in [2.75, 3.05) is 19.7 Å². The third kappa shape index (κ3) is 5.53. The third-order valence-corrected chi connectivity index (χ3v) is 4.97. The highest BCUT2D eigenvalue weighted by molar-refractivity contribution is 5.79. The highest BCUT2D eigenvalue weighted by atomic mass is 16.5. The van der Waals surface area contributed by atoms with Crippen LogP contribution in [0.5, 0.6) is 0 Å². The number of nitrogens with zero attached hydrogens (tertiary/aromatic N) is 4. The van der Waals surface area contributed by atoms with Gasteiger partial charge in [0.25, 0.3) is 0 Å². The summed E-state index contributed by atoms with van der Waals surface area (Å²) in [6.07, 6.45) is 1.73. The fourth-order valence-electron chi connectivity index (χ4n) is 3.12. The second-order valence-corrected chi connectivity index (χ2v) is 7.21. The molecule has 8 nitrogen and oxygen atoms in total. The molecule has 8 heteroatoms. The highest BCUT2D eigenvalue weighted by Crippen LogP contribution is 2.13. The summed E-state index contributed by atoms with van der Waals surface area (Å²) in [7, 11) is 1.93. The molecule has 1 fully saturated rings. The number of aryl methyl sites for hydroxylation is 2. The molecule has 152 valence electrons. The molecule has 0 aliphatic carbocycles. The van der Waals surface area contributed by atoms with Crippen LogP contribution in [-0.4, -0.2) is 51.6 Å². The lowest BCUT2D eigenvalue weighted by molar-refractivity contribution is 0.113. The van der Waals surface area contributed by atoms with E-state index >= 15 is 0 Å². The van der Waals surface area contributed by atoms with Crippen molar-refractivity contribution in [2.45, 2.75) is 45.4 Å². The Morgan fingerprint density at radius 2 is 2.21 bits per heavy atom. The van der Waals surface area contributed by atoms with E-state index in [1.807, 2.05) is 49.7 Å². The predicted molar refractivity (Wildman–Crippen MR) is 108 cm³/mol. The first-order valence-corrected chi connectivity index (χ1v) is 9.76. The Morgan fingerprint density at radius 3 is 2.89 bits per heavy atom. The zero-order valence-electron chi connectivity index (χ0n) is 16.9. The van der Waals surface area contributed by atoms with Gasteiger partial charge < -0.3 is 25.0 Å². The normalized spacial score (nSPS) is 18.3. The van der Waals surface area contributed by atoms with Gasteiger partial charge in [-0.2, -0.15) is 0 Å². The molecule has 1 saturated heterocycles. The number of hydrogen-bond donors (Lipinski definition) is 3. The van der Waals surface area contributed by atoms with Crippen molar-refractivity contribution >= 4 is 5.96 Å². The molecule has 0 bridgehead atoms. The number of benzene rings is 1. The molecular formula is C20H30N6O2. The largest absolute Gasteiger partial charge is 0.387 e. The van der Waals surface area contributed by atoms with Gasteiger partial charge in [-0.25, -0.2) is 4.99 Å². The zero-order chi connectivity index (χ0) is 19.9. The molecule has 0 radical (unpaired) electrons. The predicted octanol–water partition coefficient (Wildman–Crippen LogP) is 1.38. The second-order valence-electron chi connectivity index (χ2n) is 7.21. The Labute approximate surface area is 166 Å². The summed E-state index contributed by atoms with van der Waals surface area (Å²) in [6, 6.07) is 7.89. The van der Waals surface area contributed by atoms with Gasteiger partial charge in [-0.1, -0.05) is 29.8 Å². The Balaban J connectivity index is 1.62. The molecule has 0 saturated carbocycles. The number of aliphatic hydroxyl groups excluding tert-OH is 1. The van der Waals surface area contributed by atoms with Crippen molar-refractivity contribution in [1.82, 2.24) is 25.4 Å². The number of aliphatic hydroxyl groups is 1. The molecule has 2 atom stereocenters. The number of aliphatic imine (C=N–C) groups is 1. The van der Waals surface area contributed by atoms with Crippen molar-refractivity contribution in [3.8, 4) is 0 Å². The van der Waals surface area contributed by atoms with Gasteiger partial charge in [-0.3, -0.25) is 0 Å². The van der Waals surface area contributed by atoms with Gasteiger partial charge >= 0.3 is 0 Å². The molecule has 2 heterocycles. The van der Waals surface area contributed by atoms with E-state index in [-0.39, 0.29) is 6.10 Å². The minimum Gasteiger partial charge on any atom is -0.387 e. The molecule has 0 amide bonds.